The maximum absolute atomic E-state index is 10.3. The third kappa shape index (κ3) is 7.87. The Bertz CT molecular complexity index is 164. The molecule has 5 heteroatoms. The second-order valence-electron chi connectivity index (χ2n) is 1.88. The third-order valence-electron chi connectivity index (χ3n) is 0.826. The van der Waals surface area contributed by atoms with Gasteiger partial charge in [-0.05, 0) is 6.54 Å². The standard InChI is InChI=1S/C5H13NO3S/c1-3-6-4-5-9-10(2,7)8/h6H,3-5H2,1-2H3. The van der Waals surface area contributed by atoms with Crippen LogP contribution in [0, 0.1) is 0 Å². The van der Waals surface area contributed by atoms with Crippen LogP contribution in [0.25, 0.3) is 0 Å². The van der Waals surface area contributed by atoms with Crippen LogP contribution in [-0.4, -0.2) is 34.4 Å². The lowest BCUT2D eigenvalue weighted by Gasteiger charge is -2.00. The van der Waals surface area contributed by atoms with Crippen LogP contribution in [0.15, 0.2) is 0 Å². The van der Waals surface area contributed by atoms with Crippen LogP contribution in [0.1, 0.15) is 6.92 Å². The van der Waals surface area contributed by atoms with Crippen LogP contribution in [0.3, 0.4) is 0 Å². The van der Waals surface area contributed by atoms with Gasteiger partial charge in [0.2, 0.25) is 0 Å². The minimum absolute atomic E-state index is 0.215. The van der Waals surface area contributed by atoms with E-state index < -0.39 is 10.1 Å². The van der Waals surface area contributed by atoms with E-state index in [9.17, 15) is 8.42 Å². The highest BCUT2D eigenvalue weighted by atomic mass is 32.2. The Morgan fingerprint density at radius 1 is 1.50 bits per heavy atom. The predicted octanol–water partition coefficient (Wildman–Crippen LogP) is -0.428. The maximum Gasteiger partial charge on any atom is 0.264 e. The van der Waals surface area contributed by atoms with Crippen LogP contribution in [-0.2, 0) is 14.3 Å². The molecule has 0 heterocycles. The topological polar surface area (TPSA) is 55.4 Å². The molecule has 4 nitrogen and oxygen atoms in total. The van der Waals surface area contributed by atoms with Gasteiger partial charge in [-0.25, -0.2) is 0 Å². The number of hydrogen-bond acceptors (Lipinski definition) is 4. The number of likely N-dealkylation sites (N-methyl/N-ethyl adjacent to an activating group) is 1. The molecule has 0 atom stereocenters. The fourth-order valence-corrected chi connectivity index (χ4v) is 0.828. The summed E-state index contributed by atoms with van der Waals surface area (Å²) in [4.78, 5) is 0. The molecule has 0 bridgehead atoms. The Morgan fingerprint density at radius 2 is 2.10 bits per heavy atom. The van der Waals surface area contributed by atoms with Gasteiger partial charge in [0.15, 0.2) is 0 Å². The summed E-state index contributed by atoms with van der Waals surface area (Å²) in [5.74, 6) is 0. The first-order valence-electron chi connectivity index (χ1n) is 3.11. The highest BCUT2D eigenvalue weighted by Crippen LogP contribution is 1.83. The van der Waals surface area contributed by atoms with Gasteiger partial charge in [0, 0.05) is 6.54 Å². The van der Waals surface area contributed by atoms with E-state index in [1.807, 2.05) is 6.92 Å². The Morgan fingerprint density at radius 3 is 2.50 bits per heavy atom. The fourth-order valence-electron chi connectivity index (χ4n) is 0.442. The first-order valence-corrected chi connectivity index (χ1v) is 4.93. The molecule has 0 unspecified atom stereocenters. The molecule has 0 rings (SSSR count). The van der Waals surface area contributed by atoms with Gasteiger partial charge >= 0.3 is 0 Å². The molecule has 10 heavy (non-hydrogen) atoms. The molecule has 62 valence electrons. The van der Waals surface area contributed by atoms with Crippen molar-refractivity contribution in [1.82, 2.24) is 5.32 Å². The first kappa shape index (κ1) is 9.87. The van der Waals surface area contributed by atoms with Crippen molar-refractivity contribution in [3.05, 3.63) is 0 Å². The summed E-state index contributed by atoms with van der Waals surface area (Å²) in [7, 11) is -3.24. The zero-order valence-electron chi connectivity index (χ0n) is 6.25. The molecule has 0 aliphatic carbocycles. The summed E-state index contributed by atoms with van der Waals surface area (Å²) in [6.45, 7) is 3.56. The molecular formula is C5H13NO3S. The zero-order chi connectivity index (χ0) is 8.04. The number of nitrogens with one attached hydrogen (secondary N) is 1. The Labute approximate surface area is 61.7 Å². The second kappa shape index (κ2) is 4.65. The highest BCUT2D eigenvalue weighted by molar-refractivity contribution is 7.85. The van der Waals surface area contributed by atoms with E-state index in [2.05, 4.69) is 9.50 Å². The Balaban J connectivity index is 3.21. The molecule has 0 aliphatic rings. The van der Waals surface area contributed by atoms with Crippen LogP contribution in [0.2, 0.25) is 0 Å². The van der Waals surface area contributed by atoms with Gasteiger partial charge < -0.3 is 5.32 Å². The molecule has 0 aromatic carbocycles. The van der Waals surface area contributed by atoms with Crippen molar-refractivity contribution in [3.63, 3.8) is 0 Å². The monoisotopic (exact) mass is 167 g/mol. The molecule has 0 fully saturated rings. The summed E-state index contributed by atoms with van der Waals surface area (Å²) in [6.07, 6.45) is 1.04. The van der Waals surface area contributed by atoms with Crippen molar-refractivity contribution in [3.8, 4) is 0 Å². The second-order valence-corrected chi connectivity index (χ2v) is 3.52. The lowest BCUT2D eigenvalue weighted by Crippen LogP contribution is -2.20. The highest BCUT2D eigenvalue weighted by Gasteiger charge is 1.98. The third-order valence-corrected chi connectivity index (χ3v) is 1.42. The van der Waals surface area contributed by atoms with E-state index >= 15 is 0 Å². The summed E-state index contributed by atoms with van der Waals surface area (Å²) >= 11 is 0. The van der Waals surface area contributed by atoms with E-state index in [1.165, 1.54) is 0 Å². The van der Waals surface area contributed by atoms with E-state index in [0.29, 0.717) is 6.54 Å². The van der Waals surface area contributed by atoms with Crippen molar-refractivity contribution in [2.75, 3.05) is 26.0 Å². The van der Waals surface area contributed by atoms with E-state index in [4.69, 9.17) is 0 Å². The zero-order valence-corrected chi connectivity index (χ0v) is 7.07. The van der Waals surface area contributed by atoms with Gasteiger partial charge in [-0.1, -0.05) is 6.92 Å². The van der Waals surface area contributed by atoms with Gasteiger partial charge in [-0.15, -0.1) is 0 Å². The molecule has 0 radical (unpaired) electrons. The van der Waals surface area contributed by atoms with Gasteiger partial charge in [0.25, 0.3) is 10.1 Å². The minimum Gasteiger partial charge on any atom is -0.315 e. The summed E-state index contributed by atoms with van der Waals surface area (Å²) in [6, 6.07) is 0. The molecule has 0 aromatic heterocycles. The molecule has 0 spiro atoms. The van der Waals surface area contributed by atoms with Crippen molar-refractivity contribution < 1.29 is 12.6 Å². The largest absolute Gasteiger partial charge is 0.315 e. The first-order chi connectivity index (χ1) is 4.56. The van der Waals surface area contributed by atoms with Crippen molar-refractivity contribution in [1.29, 1.82) is 0 Å². The normalized spacial score (nSPS) is 11.8. The summed E-state index contributed by atoms with van der Waals surface area (Å²) in [5.41, 5.74) is 0. The molecule has 0 amide bonds. The van der Waals surface area contributed by atoms with Crippen LogP contribution >= 0.6 is 0 Å². The molecule has 0 aliphatic heterocycles. The fraction of sp³-hybridized carbons (Fsp3) is 1.00. The van der Waals surface area contributed by atoms with Crippen molar-refractivity contribution in [2.45, 2.75) is 6.92 Å². The molecular weight excluding hydrogens is 154 g/mol. The quantitative estimate of drug-likeness (QED) is 0.446. The average molecular weight is 167 g/mol. The number of hydrogen-bond donors (Lipinski definition) is 1. The van der Waals surface area contributed by atoms with Crippen molar-refractivity contribution >= 4 is 10.1 Å². The molecule has 0 aromatic rings. The van der Waals surface area contributed by atoms with E-state index in [1.54, 1.807) is 0 Å². The average Bonchev–Trinajstić information content (AvgIpc) is 1.78. The maximum atomic E-state index is 10.3. The lowest BCUT2D eigenvalue weighted by molar-refractivity contribution is 0.320. The molecule has 0 saturated heterocycles. The minimum atomic E-state index is -3.24. The van der Waals surface area contributed by atoms with Crippen LogP contribution in [0.4, 0.5) is 0 Å². The van der Waals surface area contributed by atoms with Crippen LogP contribution < -0.4 is 5.32 Å². The van der Waals surface area contributed by atoms with E-state index in [0.717, 1.165) is 12.8 Å². The predicted molar refractivity (Wildman–Crippen MR) is 39.3 cm³/mol. The lowest BCUT2D eigenvalue weighted by atomic mass is 10.6. The van der Waals surface area contributed by atoms with Gasteiger partial charge in [-0.3, -0.25) is 4.18 Å². The van der Waals surface area contributed by atoms with Gasteiger partial charge in [-0.2, -0.15) is 8.42 Å². The Hall–Kier alpha value is -0.130. The molecule has 1 N–H and O–H groups in total. The summed E-state index contributed by atoms with van der Waals surface area (Å²) in [5, 5.41) is 2.93. The number of rotatable bonds is 5. The smallest absolute Gasteiger partial charge is 0.264 e. The molecule has 0 saturated carbocycles. The SMILES string of the molecule is CCNCCOS(C)(=O)=O. The summed E-state index contributed by atoms with van der Waals surface area (Å²) < 4.78 is 25.1. The van der Waals surface area contributed by atoms with Gasteiger partial charge in [0.1, 0.15) is 0 Å². The Kier molecular flexibility index (Phi) is 4.59. The van der Waals surface area contributed by atoms with Crippen molar-refractivity contribution in [2.24, 2.45) is 0 Å². The van der Waals surface area contributed by atoms with Gasteiger partial charge in [0.05, 0.1) is 12.9 Å². The van der Waals surface area contributed by atoms with E-state index in [-0.39, 0.29) is 6.61 Å². The van der Waals surface area contributed by atoms with Crippen LogP contribution in [0.5, 0.6) is 0 Å².